The number of ether oxygens (including phenoxy) is 4. The summed E-state index contributed by atoms with van der Waals surface area (Å²) >= 11 is 0. The zero-order valence-electron chi connectivity index (χ0n) is 23.1. The van der Waals surface area contributed by atoms with Gasteiger partial charge in [-0.2, -0.15) is 0 Å². The van der Waals surface area contributed by atoms with Crippen LogP contribution in [0.1, 0.15) is 36.7 Å². The average Bonchev–Trinajstić information content (AvgIpc) is 3.24. The minimum absolute atomic E-state index is 0.254. The minimum Gasteiger partial charge on any atom is -0.491 e. The zero-order valence-corrected chi connectivity index (χ0v) is 23.1. The van der Waals surface area contributed by atoms with Crippen LogP contribution < -0.4 is 26.3 Å². The highest BCUT2D eigenvalue weighted by atomic mass is 16.6. The average molecular weight is 551 g/mol. The Morgan fingerprint density at radius 3 is 2.48 bits per heavy atom. The Hall–Kier alpha value is -4.84. The smallest absolute Gasteiger partial charge is 0.405 e. The molecule has 5 N–H and O–H groups in total. The van der Waals surface area contributed by atoms with Crippen LogP contribution in [0.25, 0.3) is 5.65 Å². The van der Waals surface area contributed by atoms with Crippen molar-refractivity contribution < 1.29 is 28.5 Å². The number of imidazole rings is 1. The molecule has 0 aliphatic rings. The summed E-state index contributed by atoms with van der Waals surface area (Å²) in [7, 11) is 1.61. The minimum atomic E-state index is -0.725. The third kappa shape index (κ3) is 9.17. The van der Waals surface area contributed by atoms with Gasteiger partial charge in [0.2, 0.25) is 5.88 Å². The Bertz CT molecular complexity index is 1460. The first kappa shape index (κ1) is 29.7. The molecule has 2 amide bonds. The van der Waals surface area contributed by atoms with Gasteiger partial charge in [0.15, 0.2) is 5.65 Å². The quantitative estimate of drug-likeness (QED) is 0.266. The monoisotopic (exact) mass is 550 g/mol. The first-order valence-electron chi connectivity index (χ1n) is 12.4. The summed E-state index contributed by atoms with van der Waals surface area (Å²) < 4.78 is 22.6. The fourth-order valence-electron chi connectivity index (χ4n) is 3.32. The first-order chi connectivity index (χ1) is 18.9. The van der Waals surface area contributed by atoms with Crippen LogP contribution in [-0.2, 0) is 9.47 Å². The fraction of sp³-hybridized carbons (Fsp3) is 0.286. The number of hydrogen-bond acceptors (Lipinski definition) is 9. The molecule has 0 aliphatic carbocycles. The van der Waals surface area contributed by atoms with Crippen molar-refractivity contribution in [3.63, 3.8) is 0 Å². The summed E-state index contributed by atoms with van der Waals surface area (Å²) in [4.78, 5) is 27.0. The number of aromatic nitrogens is 3. The van der Waals surface area contributed by atoms with Crippen LogP contribution in [0.2, 0.25) is 0 Å². The normalized spacial score (nSPS) is 10.8. The third-order valence-corrected chi connectivity index (χ3v) is 5.05. The molecule has 0 atom stereocenters. The molecule has 12 nitrogen and oxygen atoms in total. The first-order valence-corrected chi connectivity index (χ1v) is 12.4. The van der Waals surface area contributed by atoms with Gasteiger partial charge in [0.25, 0.3) is 5.91 Å². The molecule has 12 heteroatoms. The second kappa shape index (κ2) is 13.3. The van der Waals surface area contributed by atoms with E-state index < -0.39 is 11.7 Å². The summed E-state index contributed by atoms with van der Waals surface area (Å²) in [5.41, 5.74) is 12.6. The molecule has 0 unspecified atom stereocenters. The Balaban J connectivity index is 0.000000482. The van der Waals surface area contributed by atoms with E-state index in [0.29, 0.717) is 53.3 Å². The van der Waals surface area contributed by atoms with E-state index in [1.165, 1.54) is 0 Å². The Morgan fingerprint density at radius 2 is 1.80 bits per heavy atom. The summed E-state index contributed by atoms with van der Waals surface area (Å²) in [6.07, 6.45) is 0.883. The van der Waals surface area contributed by atoms with Crippen LogP contribution in [0, 0.1) is 6.92 Å². The number of nitrogen functional groups attached to an aromatic ring is 1. The number of hydrogen-bond donors (Lipinski definition) is 3. The van der Waals surface area contributed by atoms with Gasteiger partial charge in [0, 0.05) is 30.5 Å². The van der Waals surface area contributed by atoms with E-state index in [4.69, 9.17) is 25.7 Å². The number of nitrogens with one attached hydrogen (secondary N) is 1. The highest BCUT2D eigenvalue weighted by Gasteiger charge is 2.13. The number of rotatable bonds is 8. The molecule has 4 aromatic rings. The van der Waals surface area contributed by atoms with Crippen LogP contribution in [0.5, 0.6) is 17.4 Å². The molecule has 40 heavy (non-hydrogen) atoms. The van der Waals surface area contributed by atoms with Crippen molar-refractivity contribution in [2.75, 3.05) is 31.4 Å². The molecule has 2 heterocycles. The van der Waals surface area contributed by atoms with Gasteiger partial charge in [-0.05, 0) is 63.6 Å². The number of primary amides is 1. The fourth-order valence-corrected chi connectivity index (χ4v) is 3.32. The second-order valence-corrected chi connectivity index (χ2v) is 9.58. The van der Waals surface area contributed by atoms with Gasteiger partial charge in [-0.3, -0.25) is 4.79 Å². The predicted octanol–water partition coefficient (Wildman–Crippen LogP) is 4.57. The lowest BCUT2D eigenvalue weighted by Crippen LogP contribution is -2.27. The Labute approximate surface area is 232 Å². The molecular weight excluding hydrogens is 516 g/mol. The van der Waals surface area contributed by atoms with Crippen LogP contribution in [-0.4, -0.2) is 52.5 Å². The van der Waals surface area contributed by atoms with E-state index >= 15 is 0 Å². The van der Waals surface area contributed by atoms with Crippen LogP contribution in [0.15, 0.2) is 60.8 Å². The van der Waals surface area contributed by atoms with E-state index in [9.17, 15) is 9.59 Å². The maximum absolute atomic E-state index is 12.8. The Kier molecular flexibility index (Phi) is 9.87. The van der Waals surface area contributed by atoms with Gasteiger partial charge < -0.3 is 35.7 Å². The van der Waals surface area contributed by atoms with Gasteiger partial charge in [0.05, 0.1) is 12.8 Å². The predicted molar refractivity (Wildman–Crippen MR) is 151 cm³/mol. The van der Waals surface area contributed by atoms with Gasteiger partial charge in [-0.15, -0.1) is 5.10 Å². The van der Waals surface area contributed by atoms with E-state index in [1.54, 1.807) is 81.1 Å². The highest BCUT2D eigenvalue weighted by molar-refractivity contribution is 6.05. The molecule has 0 spiro atoms. The standard InChI is InChI=1S/C23H23N5O4.C5H11NO2/c1-15-6-7-18(32-22-9-8-21-26-20(24)14-28(21)27-22)13-19(15)25-23(29)16-4-3-5-17(12-16)31-11-10-30-2;1-5(2,3)8-4(6)7/h3-9,12-14H,10-11,24H2,1-2H3,(H,25,29);1-3H3,(H2,6,7). The largest absolute Gasteiger partial charge is 0.491 e. The van der Waals surface area contributed by atoms with Crippen LogP contribution in [0.4, 0.5) is 16.3 Å². The molecule has 212 valence electrons. The van der Waals surface area contributed by atoms with Gasteiger partial charge in [-0.25, -0.2) is 14.3 Å². The second-order valence-electron chi connectivity index (χ2n) is 9.58. The number of methoxy groups -OCH3 is 1. The van der Waals surface area contributed by atoms with E-state index in [2.05, 4.69) is 20.1 Å². The maximum atomic E-state index is 12.8. The number of nitrogens with zero attached hydrogens (tertiary/aromatic N) is 3. The summed E-state index contributed by atoms with van der Waals surface area (Å²) in [5.74, 6) is 1.63. The molecule has 0 fully saturated rings. The van der Waals surface area contributed by atoms with E-state index in [-0.39, 0.29) is 5.91 Å². The third-order valence-electron chi connectivity index (χ3n) is 5.05. The number of fused-ring (bicyclic) bond motifs is 1. The SMILES string of the molecule is CC(C)(C)OC(N)=O.COCCOc1cccc(C(=O)Nc2cc(Oc3ccc4nc(N)cn4n3)ccc2C)c1. The topological polar surface area (TPSA) is 165 Å². The molecular formula is C28H34N6O6. The van der Waals surface area contributed by atoms with E-state index in [0.717, 1.165) is 5.56 Å². The molecule has 2 aromatic carbocycles. The van der Waals surface area contributed by atoms with Crippen molar-refractivity contribution in [2.24, 2.45) is 5.73 Å². The Morgan fingerprint density at radius 1 is 1.02 bits per heavy atom. The molecule has 0 radical (unpaired) electrons. The van der Waals surface area contributed by atoms with Crippen LogP contribution in [0.3, 0.4) is 0 Å². The van der Waals surface area contributed by atoms with Crippen molar-refractivity contribution in [3.8, 4) is 17.4 Å². The van der Waals surface area contributed by atoms with Crippen molar-refractivity contribution in [3.05, 3.63) is 71.9 Å². The lowest BCUT2D eigenvalue weighted by atomic mass is 10.1. The molecule has 4 rings (SSSR count). The van der Waals surface area contributed by atoms with Gasteiger partial charge >= 0.3 is 6.09 Å². The zero-order chi connectivity index (χ0) is 29.3. The number of anilines is 2. The number of benzene rings is 2. The highest BCUT2D eigenvalue weighted by Crippen LogP contribution is 2.27. The number of carbonyl (C=O) groups is 2. The van der Waals surface area contributed by atoms with Crippen molar-refractivity contribution >= 4 is 29.2 Å². The van der Waals surface area contributed by atoms with Crippen LogP contribution >= 0.6 is 0 Å². The lowest BCUT2D eigenvalue weighted by Gasteiger charge is -2.16. The number of aryl methyl sites for hydroxylation is 1. The van der Waals surface area contributed by atoms with Crippen molar-refractivity contribution in [2.45, 2.75) is 33.3 Å². The van der Waals surface area contributed by atoms with Crippen molar-refractivity contribution in [1.82, 2.24) is 14.6 Å². The number of nitrogens with two attached hydrogens (primary N) is 2. The molecule has 2 aromatic heterocycles. The summed E-state index contributed by atoms with van der Waals surface area (Å²) in [6.45, 7) is 8.07. The molecule has 0 saturated carbocycles. The summed E-state index contributed by atoms with van der Waals surface area (Å²) in [6, 6.07) is 15.9. The van der Waals surface area contributed by atoms with Gasteiger partial charge in [0.1, 0.15) is 29.5 Å². The lowest BCUT2D eigenvalue weighted by molar-refractivity contribution is 0.0600. The molecule has 0 aliphatic heterocycles. The van der Waals surface area contributed by atoms with Crippen molar-refractivity contribution in [1.29, 1.82) is 0 Å². The number of amides is 2. The van der Waals surface area contributed by atoms with E-state index in [1.807, 2.05) is 19.1 Å². The maximum Gasteiger partial charge on any atom is 0.405 e. The summed E-state index contributed by atoms with van der Waals surface area (Å²) in [5, 5.41) is 7.26. The number of carbonyl (C=O) groups excluding carboxylic acids is 2. The van der Waals surface area contributed by atoms with Gasteiger partial charge in [-0.1, -0.05) is 12.1 Å². The molecule has 0 bridgehead atoms. The molecule has 0 saturated heterocycles.